The molecule has 2 aromatic rings. The molecule has 1 heterocycles. The van der Waals surface area contributed by atoms with Crippen LogP contribution in [0, 0.1) is 5.82 Å². The van der Waals surface area contributed by atoms with Crippen LogP contribution in [0.25, 0.3) is 0 Å². The molecule has 0 aliphatic rings. The quantitative estimate of drug-likeness (QED) is 0.812. The van der Waals surface area contributed by atoms with Crippen molar-refractivity contribution in [3.63, 3.8) is 0 Å². The standard InChI is InChI=1S/C12H8Br2FNO/c13-9-2-1-8(12(15)4-9)7-17-11-3-10(14)5-16-6-11/h1-6H,7H2. The second kappa shape index (κ2) is 5.60. The van der Waals surface area contributed by atoms with E-state index in [1.165, 1.54) is 6.07 Å². The van der Waals surface area contributed by atoms with E-state index in [0.29, 0.717) is 15.8 Å². The van der Waals surface area contributed by atoms with E-state index in [0.717, 1.165) is 4.47 Å². The Morgan fingerprint density at radius 1 is 1.12 bits per heavy atom. The minimum absolute atomic E-state index is 0.178. The molecule has 2 nitrogen and oxygen atoms in total. The maximum absolute atomic E-state index is 13.5. The molecule has 0 spiro atoms. The average molecular weight is 361 g/mol. The van der Waals surface area contributed by atoms with Gasteiger partial charge in [-0.1, -0.05) is 22.0 Å². The predicted molar refractivity (Wildman–Crippen MR) is 70.4 cm³/mol. The SMILES string of the molecule is Fc1cc(Br)ccc1COc1cncc(Br)c1. The minimum Gasteiger partial charge on any atom is -0.487 e. The van der Waals surface area contributed by atoms with Gasteiger partial charge in [0, 0.05) is 20.7 Å². The lowest BCUT2D eigenvalue weighted by Gasteiger charge is -2.07. The van der Waals surface area contributed by atoms with Gasteiger partial charge in [0.25, 0.3) is 0 Å². The second-order valence-corrected chi connectivity index (χ2v) is 5.19. The van der Waals surface area contributed by atoms with E-state index in [1.54, 1.807) is 30.6 Å². The molecule has 1 aromatic heterocycles. The lowest BCUT2D eigenvalue weighted by molar-refractivity contribution is 0.298. The van der Waals surface area contributed by atoms with Crippen molar-refractivity contribution < 1.29 is 9.13 Å². The van der Waals surface area contributed by atoms with Crippen LogP contribution in [0.5, 0.6) is 5.75 Å². The molecule has 0 bridgehead atoms. The van der Waals surface area contributed by atoms with Crippen LogP contribution in [0.4, 0.5) is 4.39 Å². The Hall–Kier alpha value is -0.940. The highest BCUT2D eigenvalue weighted by molar-refractivity contribution is 9.10. The monoisotopic (exact) mass is 359 g/mol. The lowest BCUT2D eigenvalue weighted by atomic mass is 10.2. The Labute approximate surface area is 115 Å². The molecule has 17 heavy (non-hydrogen) atoms. The number of ether oxygens (including phenoxy) is 1. The average Bonchev–Trinajstić information content (AvgIpc) is 2.28. The van der Waals surface area contributed by atoms with Crippen LogP contribution in [0.2, 0.25) is 0 Å². The zero-order valence-electron chi connectivity index (χ0n) is 8.66. The summed E-state index contributed by atoms with van der Waals surface area (Å²) in [6, 6.07) is 6.66. The fourth-order valence-corrected chi connectivity index (χ4v) is 1.95. The molecule has 0 saturated carbocycles. The summed E-state index contributed by atoms with van der Waals surface area (Å²) in [5.41, 5.74) is 0.508. The first kappa shape index (κ1) is 12.5. The van der Waals surface area contributed by atoms with Gasteiger partial charge in [-0.15, -0.1) is 0 Å². The van der Waals surface area contributed by atoms with Gasteiger partial charge < -0.3 is 4.74 Å². The Morgan fingerprint density at radius 3 is 2.65 bits per heavy atom. The van der Waals surface area contributed by atoms with Crippen LogP contribution in [0.3, 0.4) is 0 Å². The first-order chi connectivity index (χ1) is 8.15. The fraction of sp³-hybridized carbons (Fsp3) is 0.0833. The van der Waals surface area contributed by atoms with Gasteiger partial charge in [0.2, 0.25) is 0 Å². The van der Waals surface area contributed by atoms with Crippen molar-refractivity contribution in [1.82, 2.24) is 4.98 Å². The Bertz CT molecular complexity index is 534. The normalized spacial score (nSPS) is 10.3. The maximum Gasteiger partial charge on any atom is 0.139 e. The van der Waals surface area contributed by atoms with Crippen LogP contribution in [-0.2, 0) is 6.61 Å². The smallest absolute Gasteiger partial charge is 0.139 e. The zero-order chi connectivity index (χ0) is 12.3. The van der Waals surface area contributed by atoms with E-state index in [-0.39, 0.29) is 12.4 Å². The third-order valence-corrected chi connectivity index (χ3v) is 3.02. The molecule has 0 N–H and O–H groups in total. The molecule has 0 atom stereocenters. The topological polar surface area (TPSA) is 22.1 Å². The minimum atomic E-state index is -0.290. The Balaban J connectivity index is 2.07. The maximum atomic E-state index is 13.5. The van der Waals surface area contributed by atoms with Crippen molar-refractivity contribution in [2.24, 2.45) is 0 Å². The first-order valence-electron chi connectivity index (χ1n) is 4.82. The molecule has 0 fully saturated rings. The van der Waals surface area contributed by atoms with Crippen molar-refractivity contribution in [1.29, 1.82) is 0 Å². The summed E-state index contributed by atoms with van der Waals surface area (Å²) < 4.78 is 20.5. The van der Waals surface area contributed by atoms with Gasteiger partial charge in [0.1, 0.15) is 18.2 Å². The summed E-state index contributed by atoms with van der Waals surface area (Å²) in [5.74, 6) is 0.309. The molecule has 0 amide bonds. The number of hydrogen-bond acceptors (Lipinski definition) is 2. The van der Waals surface area contributed by atoms with E-state index in [2.05, 4.69) is 36.8 Å². The van der Waals surface area contributed by atoms with Gasteiger partial charge in [-0.25, -0.2) is 4.39 Å². The molecule has 0 aliphatic carbocycles. The number of benzene rings is 1. The number of aromatic nitrogens is 1. The first-order valence-corrected chi connectivity index (χ1v) is 6.41. The van der Waals surface area contributed by atoms with Crippen molar-refractivity contribution >= 4 is 31.9 Å². The van der Waals surface area contributed by atoms with E-state index < -0.39 is 0 Å². The summed E-state index contributed by atoms with van der Waals surface area (Å²) in [6.07, 6.45) is 3.24. The third-order valence-electron chi connectivity index (χ3n) is 2.09. The van der Waals surface area contributed by atoms with E-state index >= 15 is 0 Å². The number of rotatable bonds is 3. The number of nitrogens with zero attached hydrogens (tertiary/aromatic N) is 1. The highest BCUT2D eigenvalue weighted by Crippen LogP contribution is 2.19. The Morgan fingerprint density at radius 2 is 1.94 bits per heavy atom. The molecule has 0 aliphatic heterocycles. The van der Waals surface area contributed by atoms with Gasteiger partial charge in [0.15, 0.2) is 0 Å². The molecule has 1 aromatic carbocycles. The van der Waals surface area contributed by atoms with E-state index in [1.807, 2.05) is 0 Å². The number of halogens is 3. The summed E-state index contributed by atoms with van der Waals surface area (Å²) in [5, 5.41) is 0. The lowest BCUT2D eigenvalue weighted by Crippen LogP contribution is -1.98. The highest BCUT2D eigenvalue weighted by Gasteiger charge is 2.04. The van der Waals surface area contributed by atoms with Crippen LogP contribution in [0.1, 0.15) is 5.56 Å². The highest BCUT2D eigenvalue weighted by atomic mass is 79.9. The summed E-state index contributed by atoms with van der Waals surface area (Å²) in [7, 11) is 0. The largest absolute Gasteiger partial charge is 0.487 e. The summed E-state index contributed by atoms with van der Waals surface area (Å²) in [6.45, 7) is 0.178. The summed E-state index contributed by atoms with van der Waals surface area (Å²) in [4.78, 5) is 3.96. The zero-order valence-corrected chi connectivity index (χ0v) is 11.8. The molecule has 2 rings (SSSR count). The fourth-order valence-electron chi connectivity index (χ4n) is 1.27. The number of pyridine rings is 1. The van der Waals surface area contributed by atoms with Crippen molar-refractivity contribution in [3.05, 3.63) is 57.0 Å². The third kappa shape index (κ3) is 3.51. The van der Waals surface area contributed by atoms with E-state index in [4.69, 9.17) is 4.74 Å². The van der Waals surface area contributed by atoms with Crippen molar-refractivity contribution in [2.45, 2.75) is 6.61 Å². The van der Waals surface area contributed by atoms with Gasteiger partial charge in [-0.05, 0) is 34.1 Å². The Kier molecular flexibility index (Phi) is 4.12. The van der Waals surface area contributed by atoms with E-state index in [9.17, 15) is 4.39 Å². The van der Waals surface area contributed by atoms with Gasteiger partial charge in [-0.2, -0.15) is 0 Å². The van der Waals surface area contributed by atoms with Gasteiger partial charge in [-0.3, -0.25) is 4.98 Å². The molecular formula is C12H8Br2FNO. The van der Waals surface area contributed by atoms with Gasteiger partial charge in [0.05, 0.1) is 6.20 Å². The molecule has 0 radical (unpaired) electrons. The molecule has 5 heteroatoms. The van der Waals surface area contributed by atoms with Crippen LogP contribution >= 0.6 is 31.9 Å². The molecule has 0 unspecified atom stereocenters. The molecular weight excluding hydrogens is 353 g/mol. The molecule has 0 saturated heterocycles. The predicted octanol–water partition coefficient (Wildman–Crippen LogP) is 4.32. The number of hydrogen-bond donors (Lipinski definition) is 0. The summed E-state index contributed by atoms with van der Waals surface area (Å²) >= 11 is 6.49. The van der Waals surface area contributed by atoms with Crippen LogP contribution in [-0.4, -0.2) is 4.98 Å². The van der Waals surface area contributed by atoms with Crippen molar-refractivity contribution in [2.75, 3.05) is 0 Å². The molecule has 88 valence electrons. The second-order valence-electron chi connectivity index (χ2n) is 3.36. The van der Waals surface area contributed by atoms with Gasteiger partial charge >= 0.3 is 0 Å². The van der Waals surface area contributed by atoms with Crippen LogP contribution in [0.15, 0.2) is 45.6 Å². The van der Waals surface area contributed by atoms with Crippen molar-refractivity contribution in [3.8, 4) is 5.75 Å². The van der Waals surface area contributed by atoms with Crippen LogP contribution < -0.4 is 4.74 Å².